The third-order valence-corrected chi connectivity index (χ3v) is 3.57. The molecule has 2 rings (SSSR count). The first-order chi connectivity index (χ1) is 9.16. The van der Waals surface area contributed by atoms with Crippen molar-refractivity contribution in [2.75, 3.05) is 31.5 Å². The molecule has 1 heterocycles. The molecule has 0 aliphatic carbocycles. The van der Waals surface area contributed by atoms with E-state index in [9.17, 15) is 9.90 Å². The maximum absolute atomic E-state index is 11.2. The molecule has 0 unspecified atom stereocenters. The topological polar surface area (TPSA) is 52.6 Å². The second kappa shape index (κ2) is 6.57. The Morgan fingerprint density at radius 1 is 1.37 bits per heavy atom. The first-order valence-electron chi connectivity index (χ1n) is 6.97. The molecule has 1 saturated heterocycles. The molecular weight excluding hydrogens is 240 g/mol. The molecular formula is C15H22N2O2. The zero-order chi connectivity index (χ0) is 13.7. The first-order valence-corrected chi connectivity index (χ1v) is 6.97. The second-order valence-electron chi connectivity index (χ2n) is 5.18. The van der Waals surface area contributed by atoms with Crippen LogP contribution in [-0.4, -0.2) is 42.2 Å². The number of rotatable bonds is 6. The lowest BCUT2D eigenvalue weighted by Gasteiger charge is -2.15. The number of aromatic carboxylic acids is 1. The SMILES string of the molecule is Cc1ccc(NCCCN2CCCC2)c(C(=O)O)c1. The quantitative estimate of drug-likeness (QED) is 0.774. The molecule has 4 nitrogen and oxygen atoms in total. The minimum absolute atomic E-state index is 0.362. The van der Waals surface area contributed by atoms with E-state index in [2.05, 4.69) is 10.2 Å². The monoisotopic (exact) mass is 262 g/mol. The van der Waals surface area contributed by atoms with E-state index in [1.165, 1.54) is 25.9 Å². The maximum atomic E-state index is 11.2. The molecule has 0 amide bonds. The fourth-order valence-electron chi connectivity index (χ4n) is 2.52. The number of likely N-dealkylation sites (tertiary alicyclic amines) is 1. The van der Waals surface area contributed by atoms with E-state index >= 15 is 0 Å². The molecule has 0 radical (unpaired) electrons. The lowest BCUT2D eigenvalue weighted by Crippen LogP contribution is -2.22. The molecule has 104 valence electrons. The van der Waals surface area contributed by atoms with Crippen molar-refractivity contribution in [1.82, 2.24) is 4.90 Å². The summed E-state index contributed by atoms with van der Waals surface area (Å²) in [7, 11) is 0. The highest BCUT2D eigenvalue weighted by Crippen LogP contribution is 2.17. The van der Waals surface area contributed by atoms with Crippen molar-refractivity contribution >= 4 is 11.7 Å². The Kier molecular flexibility index (Phi) is 4.80. The van der Waals surface area contributed by atoms with Gasteiger partial charge in [-0.25, -0.2) is 4.79 Å². The standard InChI is InChI=1S/C15H22N2O2/c1-12-5-6-14(13(11-12)15(18)19)16-7-4-10-17-8-2-3-9-17/h5-6,11,16H,2-4,7-10H2,1H3,(H,18,19). The highest BCUT2D eigenvalue weighted by atomic mass is 16.4. The van der Waals surface area contributed by atoms with Crippen molar-refractivity contribution in [3.05, 3.63) is 29.3 Å². The second-order valence-corrected chi connectivity index (χ2v) is 5.18. The van der Waals surface area contributed by atoms with E-state index in [0.29, 0.717) is 5.56 Å². The Bertz CT molecular complexity index is 440. The normalized spacial score (nSPS) is 15.6. The zero-order valence-corrected chi connectivity index (χ0v) is 11.5. The van der Waals surface area contributed by atoms with E-state index in [4.69, 9.17) is 0 Å². The van der Waals surface area contributed by atoms with Crippen LogP contribution in [0, 0.1) is 6.92 Å². The number of carboxylic acid groups (broad SMARTS) is 1. The molecule has 19 heavy (non-hydrogen) atoms. The smallest absolute Gasteiger partial charge is 0.337 e. The van der Waals surface area contributed by atoms with Crippen LogP contribution in [0.5, 0.6) is 0 Å². The average Bonchev–Trinajstić information content (AvgIpc) is 2.89. The fourth-order valence-corrected chi connectivity index (χ4v) is 2.52. The van der Waals surface area contributed by atoms with Crippen molar-refractivity contribution in [1.29, 1.82) is 0 Å². The van der Waals surface area contributed by atoms with E-state index < -0.39 is 5.97 Å². The van der Waals surface area contributed by atoms with Gasteiger partial charge in [0.2, 0.25) is 0 Å². The number of nitrogens with zero attached hydrogens (tertiary/aromatic N) is 1. The summed E-state index contributed by atoms with van der Waals surface area (Å²) in [6.07, 6.45) is 3.68. The van der Waals surface area contributed by atoms with Gasteiger partial charge in [0, 0.05) is 12.2 Å². The summed E-state index contributed by atoms with van der Waals surface area (Å²) in [5, 5.41) is 12.4. The molecule has 1 aliphatic rings. The van der Waals surface area contributed by atoms with Crippen LogP contribution in [-0.2, 0) is 0 Å². The molecule has 1 fully saturated rings. The first kappa shape index (κ1) is 13.9. The third-order valence-electron chi connectivity index (χ3n) is 3.57. The Morgan fingerprint density at radius 2 is 2.11 bits per heavy atom. The highest BCUT2D eigenvalue weighted by Gasteiger charge is 2.11. The maximum Gasteiger partial charge on any atom is 0.337 e. The van der Waals surface area contributed by atoms with Crippen LogP contribution in [0.3, 0.4) is 0 Å². The summed E-state index contributed by atoms with van der Waals surface area (Å²) in [5.74, 6) is -0.870. The van der Waals surface area contributed by atoms with Gasteiger partial charge in [-0.1, -0.05) is 11.6 Å². The van der Waals surface area contributed by atoms with Crippen molar-refractivity contribution in [2.24, 2.45) is 0 Å². The molecule has 0 aromatic heterocycles. The van der Waals surface area contributed by atoms with Gasteiger partial charge in [0.15, 0.2) is 0 Å². The number of nitrogens with one attached hydrogen (secondary N) is 1. The van der Waals surface area contributed by atoms with Gasteiger partial charge in [-0.3, -0.25) is 0 Å². The van der Waals surface area contributed by atoms with Crippen LogP contribution < -0.4 is 5.32 Å². The number of carbonyl (C=O) groups is 1. The molecule has 0 spiro atoms. The van der Waals surface area contributed by atoms with E-state index in [0.717, 1.165) is 30.8 Å². The Labute approximate surface area is 114 Å². The minimum atomic E-state index is -0.870. The molecule has 1 aromatic rings. The van der Waals surface area contributed by atoms with Gasteiger partial charge in [-0.2, -0.15) is 0 Å². The molecule has 2 N–H and O–H groups in total. The van der Waals surface area contributed by atoms with Crippen molar-refractivity contribution in [3.63, 3.8) is 0 Å². The Balaban J connectivity index is 1.83. The van der Waals surface area contributed by atoms with Crippen LogP contribution in [0.4, 0.5) is 5.69 Å². The number of hydrogen-bond donors (Lipinski definition) is 2. The van der Waals surface area contributed by atoms with Crippen LogP contribution in [0.25, 0.3) is 0 Å². The Hall–Kier alpha value is -1.55. The average molecular weight is 262 g/mol. The molecule has 1 aliphatic heterocycles. The largest absolute Gasteiger partial charge is 0.478 e. The number of benzene rings is 1. The van der Waals surface area contributed by atoms with E-state index in [-0.39, 0.29) is 0 Å². The van der Waals surface area contributed by atoms with Gasteiger partial charge in [-0.15, -0.1) is 0 Å². The molecule has 4 heteroatoms. The Morgan fingerprint density at radius 3 is 2.79 bits per heavy atom. The third kappa shape index (κ3) is 3.96. The van der Waals surface area contributed by atoms with Gasteiger partial charge in [0.1, 0.15) is 0 Å². The number of carboxylic acids is 1. The summed E-state index contributed by atoms with van der Waals surface area (Å²) in [5.41, 5.74) is 2.06. The predicted molar refractivity (Wildman–Crippen MR) is 76.9 cm³/mol. The van der Waals surface area contributed by atoms with E-state index in [1.807, 2.05) is 19.1 Å². The highest BCUT2D eigenvalue weighted by molar-refractivity contribution is 5.94. The molecule has 0 bridgehead atoms. The summed E-state index contributed by atoms with van der Waals surface area (Å²) >= 11 is 0. The number of aryl methyl sites for hydroxylation is 1. The summed E-state index contributed by atoms with van der Waals surface area (Å²) in [6.45, 7) is 6.25. The van der Waals surface area contributed by atoms with Gasteiger partial charge >= 0.3 is 5.97 Å². The van der Waals surface area contributed by atoms with Gasteiger partial charge in [0.05, 0.1) is 5.56 Å². The molecule has 1 aromatic carbocycles. The minimum Gasteiger partial charge on any atom is -0.478 e. The lowest BCUT2D eigenvalue weighted by atomic mass is 10.1. The predicted octanol–water partition coefficient (Wildman–Crippen LogP) is 2.59. The summed E-state index contributed by atoms with van der Waals surface area (Å²) in [6, 6.07) is 5.51. The van der Waals surface area contributed by atoms with Gasteiger partial charge < -0.3 is 15.3 Å². The van der Waals surface area contributed by atoms with Crippen molar-refractivity contribution < 1.29 is 9.90 Å². The number of anilines is 1. The van der Waals surface area contributed by atoms with Crippen LogP contribution in [0.2, 0.25) is 0 Å². The van der Waals surface area contributed by atoms with Crippen molar-refractivity contribution in [2.45, 2.75) is 26.2 Å². The fraction of sp³-hybridized carbons (Fsp3) is 0.533. The van der Waals surface area contributed by atoms with Crippen LogP contribution in [0.15, 0.2) is 18.2 Å². The van der Waals surface area contributed by atoms with Crippen LogP contribution in [0.1, 0.15) is 35.2 Å². The van der Waals surface area contributed by atoms with E-state index in [1.54, 1.807) is 6.07 Å². The van der Waals surface area contributed by atoms with Crippen LogP contribution >= 0.6 is 0 Å². The summed E-state index contributed by atoms with van der Waals surface area (Å²) in [4.78, 5) is 13.6. The molecule has 0 atom stereocenters. The summed E-state index contributed by atoms with van der Waals surface area (Å²) < 4.78 is 0. The zero-order valence-electron chi connectivity index (χ0n) is 11.5. The van der Waals surface area contributed by atoms with Crippen molar-refractivity contribution in [3.8, 4) is 0 Å². The van der Waals surface area contributed by atoms with Gasteiger partial charge in [-0.05, 0) is 58.0 Å². The molecule has 0 saturated carbocycles. The number of hydrogen-bond acceptors (Lipinski definition) is 3. The lowest BCUT2D eigenvalue weighted by molar-refractivity contribution is 0.0698. The van der Waals surface area contributed by atoms with Gasteiger partial charge in [0.25, 0.3) is 0 Å².